The second kappa shape index (κ2) is 4.49. The Morgan fingerprint density at radius 3 is 2.53 bits per heavy atom. The molecule has 1 fully saturated rings. The number of amides is 1. The molecule has 5 heteroatoms. The van der Waals surface area contributed by atoms with E-state index >= 15 is 0 Å². The van der Waals surface area contributed by atoms with Gasteiger partial charge in [0.15, 0.2) is 0 Å². The third-order valence-electron chi connectivity index (χ3n) is 3.01. The van der Waals surface area contributed by atoms with E-state index in [1.807, 2.05) is 6.07 Å². The van der Waals surface area contributed by atoms with E-state index in [0.29, 0.717) is 22.9 Å². The van der Waals surface area contributed by atoms with Gasteiger partial charge in [0, 0.05) is 11.0 Å². The Hall–Kier alpha value is -1.36. The first-order chi connectivity index (χ1) is 8.05. The van der Waals surface area contributed by atoms with E-state index in [0.717, 1.165) is 0 Å². The molecule has 0 aliphatic heterocycles. The molecule has 1 aromatic rings. The summed E-state index contributed by atoms with van der Waals surface area (Å²) in [5.41, 5.74) is -0.203. The van der Waals surface area contributed by atoms with Crippen molar-refractivity contribution in [2.24, 2.45) is 5.41 Å². The van der Waals surface area contributed by atoms with E-state index in [4.69, 9.17) is 5.11 Å². The van der Waals surface area contributed by atoms with Crippen LogP contribution in [0.3, 0.4) is 0 Å². The Bertz CT molecular complexity index is 469. The standard InChI is InChI=1S/C12H12BrNO3/c13-9-4-2-1-3-8(9)10(15)14-7-12(5-6-12)11(16)17/h1-4H,5-7H2,(H,14,15)(H,16,17). The van der Waals surface area contributed by atoms with Crippen molar-refractivity contribution >= 4 is 27.8 Å². The van der Waals surface area contributed by atoms with Gasteiger partial charge in [-0.3, -0.25) is 9.59 Å². The van der Waals surface area contributed by atoms with Gasteiger partial charge in [0.05, 0.1) is 11.0 Å². The molecule has 4 nitrogen and oxygen atoms in total. The Balaban J connectivity index is 1.99. The van der Waals surface area contributed by atoms with Crippen LogP contribution in [0.25, 0.3) is 0 Å². The summed E-state index contributed by atoms with van der Waals surface area (Å²) >= 11 is 3.28. The quantitative estimate of drug-likeness (QED) is 0.894. The number of nitrogens with one attached hydrogen (secondary N) is 1. The number of hydrogen-bond donors (Lipinski definition) is 2. The molecule has 17 heavy (non-hydrogen) atoms. The molecule has 1 aliphatic carbocycles. The Labute approximate surface area is 107 Å². The minimum Gasteiger partial charge on any atom is -0.481 e. The van der Waals surface area contributed by atoms with Crippen LogP contribution in [0.1, 0.15) is 23.2 Å². The van der Waals surface area contributed by atoms with Crippen molar-refractivity contribution in [1.82, 2.24) is 5.32 Å². The van der Waals surface area contributed by atoms with Gasteiger partial charge < -0.3 is 10.4 Å². The minimum atomic E-state index is -0.829. The molecule has 1 aliphatic rings. The Morgan fingerprint density at radius 2 is 2.00 bits per heavy atom. The van der Waals surface area contributed by atoms with Gasteiger partial charge in [-0.2, -0.15) is 0 Å². The molecule has 1 saturated carbocycles. The van der Waals surface area contributed by atoms with E-state index in [2.05, 4.69) is 21.2 Å². The van der Waals surface area contributed by atoms with Gasteiger partial charge in [0.1, 0.15) is 0 Å². The van der Waals surface area contributed by atoms with Crippen molar-refractivity contribution in [2.75, 3.05) is 6.54 Å². The van der Waals surface area contributed by atoms with Gasteiger partial charge in [-0.25, -0.2) is 0 Å². The highest BCUT2D eigenvalue weighted by molar-refractivity contribution is 9.10. The first-order valence-electron chi connectivity index (χ1n) is 5.31. The van der Waals surface area contributed by atoms with Gasteiger partial charge in [-0.1, -0.05) is 12.1 Å². The van der Waals surface area contributed by atoms with Crippen molar-refractivity contribution in [3.8, 4) is 0 Å². The molecule has 2 rings (SSSR count). The molecule has 0 atom stereocenters. The predicted octanol–water partition coefficient (Wildman–Crippen LogP) is 2.04. The number of carboxylic acid groups (broad SMARTS) is 1. The molecule has 2 N–H and O–H groups in total. The molecule has 1 amide bonds. The van der Waals surface area contributed by atoms with Crippen LogP contribution >= 0.6 is 15.9 Å². The van der Waals surface area contributed by atoms with Crippen LogP contribution in [0.2, 0.25) is 0 Å². The molecular formula is C12H12BrNO3. The highest BCUT2D eigenvalue weighted by Gasteiger charge is 2.50. The van der Waals surface area contributed by atoms with E-state index in [9.17, 15) is 9.59 Å². The number of carbonyl (C=O) groups excluding carboxylic acids is 1. The van der Waals surface area contributed by atoms with Crippen LogP contribution in [0.4, 0.5) is 0 Å². The molecular weight excluding hydrogens is 286 g/mol. The van der Waals surface area contributed by atoms with Crippen molar-refractivity contribution in [3.05, 3.63) is 34.3 Å². The van der Waals surface area contributed by atoms with Crippen LogP contribution < -0.4 is 5.32 Å². The molecule has 1 aromatic carbocycles. The molecule has 0 saturated heterocycles. The molecule has 0 unspecified atom stereocenters. The normalized spacial score (nSPS) is 16.3. The summed E-state index contributed by atoms with van der Waals surface area (Å²) in [5.74, 6) is -1.07. The largest absolute Gasteiger partial charge is 0.481 e. The van der Waals surface area contributed by atoms with Crippen LogP contribution in [-0.4, -0.2) is 23.5 Å². The number of carbonyl (C=O) groups is 2. The molecule has 0 spiro atoms. The lowest BCUT2D eigenvalue weighted by atomic mass is 10.1. The van der Waals surface area contributed by atoms with Crippen LogP contribution in [0.15, 0.2) is 28.7 Å². The third-order valence-corrected chi connectivity index (χ3v) is 3.70. The predicted molar refractivity (Wildman–Crippen MR) is 65.8 cm³/mol. The summed E-state index contributed by atoms with van der Waals surface area (Å²) in [6, 6.07) is 7.06. The van der Waals surface area contributed by atoms with Gasteiger partial charge in [-0.15, -0.1) is 0 Å². The average Bonchev–Trinajstić information content (AvgIpc) is 3.07. The highest BCUT2D eigenvalue weighted by atomic mass is 79.9. The van der Waals surface area contributed by atoms with Crippen LogP contribution in [-0.2, 0) is 4.79 Å². The van der Waals surface area contributed by atoms with Crippen LogP contribution in [0.5, 0.6) is 0 Å². The third kappa shape index (κ3) is 2.49. The number of hydrogen-bond acceptors (Lipinski definition) is 2. The minimum absolute atomic E-state index is 0.197. The maximum Gasteiger partial charge on any atom is 0.311 e. The molecule has 0 radical (unpaired) electrons. The lowest BCUT2D eigenvalue weighted by Gasteiger charge is -2.11. The SMILES string of the molecule is O=C(NCC1(C(=O)O)CC1)c1ccccc1Br. The second-order valence-electron chi connectivity index (χ2n) is 4.25. The van der Waals surface area contributed by atoms with Gasteiger partial charge in [-0.05, 0) is 40.9 Å². The zero-order valence-corrected chi connectivity index (χ0v) is 10.7. The molecule has 0 aromatic heterocycles. The van der Waals surface area contributed by atoms with Gasteiger partial charge in [0.25, 0.3) is 5.91 Å². The first-order valence-corrected chi connectivity index (χ1v) is 6.11. The second-order valence-corrected chi connectivity index (χ2v) is 5.10. The number of halogens is 1. The lowest BCUT2D eigenvalue weighted by molar-refractivity contribution is -0.143. The van der Waals surface area contributed by atoms with Crippen molar-refractivity contribution in [3.63, 3.8) is 0 Å². The van der Waals surface area contributed by atoms with E-state index in [1.165, 1.54) is 0 Å². The molecule has 90 valence electrons. The number of rotatable bonds is 4. The maximum absolute atomic E-state index is 11.8. The average molecular weight is 298 g/mol. The molecule has 0 bridgehead atoms. The summed E-state index contributed by atoms with van der Waals surface area (Å²) in [7, 11) is 0. The fourth-order valence-corrected chi connectivity index (χ4v) is 2.07. The van der Waals surface area contributed by atoms with Gasteiger partial charge >= 0.3 is 5.97 Å². The van der Waals surface area contributed by atoms with E-state index in [1.54, 1.807) is 18.2 Å². The topological polar surface area (TPSA) is 66.4 Å². The Morgan fingerprint density at radius 1 is 1.35 bits per heavy atom. The fraction of sp³-hybridized carbons (Fsp3) is 0.333. The maximum atomic E-state index is 11.8. The lowest BCUT2D eigenvalue weighted by Crippen LogP contribution is -2.34. The number of aliphatic carboxylic acids is 1. The van der Waals surface area contributed by atoms with Gasteiger partial charge in [0.2, 0.25) is 0 Å². The van der Waals surface area contributed by atoms with Crippen molar-refractivity contribution in [2.45, 2.75) is 12.8 Å². The molecule has 0 heterocycles. The Kier molecular flexibility index (Phi) is 3.19. The summed E-state index contributed by atoms with van der Waals surface area (Å²) in [6.45, 7) is 0.197. The van der Waals surface area contributed by atoms with Crippen LogP contribution in [0, 0.1) is 5.41 Å². The summed E-state index contributed by atoms with van der Waals surface area (Å²) in [4.78, 5) is 22.8. The van der Waals surface area contributed by atoms with Crippen molar-refractivity contribution in [1.29, 1.82) is 0 Å². The van der Waals surface area contributed by atoms with E-state index < -0.39 is 11.4 Å². The van der Waals surface area contributed by atoms with E-state index in [-0.39, 0.29) is 12.5 Å². The summed E-state index contributed by atoms with van der Waals surface area (Å²) in [5, 5.41) is 11.7. The smallest absolute Gasteiger partial charge is 0.311 e. The van der Waals surface area contributed by atoms with Crippen molar-refractivity contribution < 1.29 is 14.7 Å². The zero-order chi connectivity index (χ0) is 12.5. The highest BCUT2D eigenvalue weighted by Crippen LogP contribution is 2.45. The fourth-order valence-electron chi connectivity index (χ4n) is 1.61. The summed E-state index contributed by atoms with van der Waals surface area (Å²) < 4.78 is 0.706. The zero-order valence-electron chi connectivity index (χ0n) is 9.07. The summed E-state index contributed by atoms with van der Waals surface area (Å²) in [6.07, 6.45) is 1.27. The number of benzene rings is 1. The number of carboxylic acids is 1. The monoisotopic (exact) mass is 297 g/mol. The first kappa shape index (κ1) is 12.1.